The lowest BCUT2D eigenvalue weighted by atomic mass is 10.0. The summed E-state index contributed by atoms with van der Waals surface area (Å²) in [5.74, 6) is -3.89. The van der Waals surface area contributed by atoms with Crippen LogP contribution in [0.5, 0.6) is 0 Å². The molecule has 2 aromatic heterocycles. The molecule has 0 amide bonds. The number of alkyl halides is 9. The number of nitrogens with zero attached hydrogens (tertiary/aromatic N) is 3. The molecule has 5 rings (SSSR count). The van der Waals surface area contributed by atoms with Gasteiger partial charge in [0.05, 0.1) is 28.9 Å². The predicted molar refractivity (Wildman–Crippen MR) is 184 cm³/mol. The molecule has 6 nitrogen and oxygen atoms in total. The number of halogens is 9. The minimum atomic E-state index is -5.29. The van der Waals surface area contributed by atoms with Crippen LogP contribution in [0.15, 0.2) is 66.7 Å². The molecule has 0 atom stereocenters. The fraction of sp³-hybridized carbons (Fsp3) is 0.297. The van der Waals surface area contributed by atoms with Gasteiger partial charge in [0.1, 0.15) is 10.0 Å². The lowest BCUT2D eigenvalue weighted by molar-refractivity contribution is -0.201. The Morgan fingerprint density at radius 3 is 1.54 bits per heavy atom. The number of hydrogen-bond donors (Lipinski definition) is 0. The molecule has 0 aliphatic carbocycles. The molecule has 0 unspecified atom stereocenters. The van der Waals surface area contributed by atoms with Gasteiger partial charge in [-0.25, -0.2) is 14.8 Å². The maximum absolute atomic E-state index is 13.1. The van der Waals surface area contributed by atoms with Crippen molar-refractivity contribution in [2.45, 2.75) is 71.8 Å². The molecule has 0 saturated carbocycles. The number of aromatic nitrogens is 2. The van der Waals surface area contributed by atoms with E-state index in [-0.39, 0.29) is 6.42 Å². The fourth-order valence-corrected chi connectivity index (χ4v) is 7.64. The molecule has 0 bridgehead atoms. The van der Waals surface area contributed by atoms with Crippen LogP contribution in [-0.4, -0.2) is 33.0 Å². The van der Waals surface area contributed by atoms with Crippen molar-refractivity contribution in [2.75, 3.05) is 0 Å². The molecule has 0 aliphatic rings. The van der Waals surface area contributed by atoms with Crippen molar-refractivity contribution < 1.29 is 53.8 Å². The molecule has 0 radical (unpaired) electrons. The highest BCUT2D eigenvalue weighted by Gasteiger charge is 2.42. The van der Waals surface area contributed by atoms with E-state index < -0.39 is 48.0 Å². The third kappa shape index (κ3) is 10.3. The first-order chi connectivity index (χ1) is 25.2. The Bertz CT molecular complexity index is 2020. The van der Waals surface area contributed by atoms with Crippen molar-refractivity contribution in [3.8, 4) is 21.1 Å². The summed E-state index contributed by atoms with van der Waals surface area (Å²) < 4.78 is 120. The number of benzene rings is 3. The lowest BCUT2D eigenvalue weighted by Crippen LogP contribution is -2.28. The number of esters is 2. The minimum absolute atomic E-state index is 0.0272. The molecule has 17 heteroatoms. The van der Waals surface area contributed by atoms with E-state index in [4.69, 9.17) is 0 Å². The van der Waals surface area contributed by atoms with Crippen LogP contribution in [0.2, 0.25) is 0 Å². The van der Waals surface area contributed by atoms with Gasteiger partial charge in [-0.3, -0.25) is 9.69 Å². The average Bonchev–Trinajstić information content (AvgIpc) is 3.64. The fourth-order valence-electron chi connectivity index (χ4n) is 5.42. The van der Waals surface area contributed by atoms with Crippen molar-refractivity contribution in [1.82, 2.24) is 14.9 Å². The van der Waals surface area contributed by atoms with E-state index in [1.807, 2.05) is 6.07 Å². The van der Waals surface area contributed by atoms with Gasteiger partial charge in [0.2, 0.25) is 0 Å². The van der Waals surface area contributed by atoms with Crippen LogP contribution in [0.25, 0.3) is 21.1 Å². The summed E-state index contributed by atoms with van der Waals surface area (Å²) in [4.78, 5) is 35.8. The molecule has 0 N–H and O–H groups in total. The molecule has 0 fully saturated rings. The standard InChI is InChI=1S/C37H30F9N3O3S2/c1-20-16-23(4-5-24(20)10-15-31(50)52-34(51)37(44,45)46)17-49(18-29-21(2)47-32(53-29)25-6-11-27(12-7-25)35(38,39)40)19-30-22(3)48-33(54-30)26-8-13-28(14-9-26)36(41,42)43/h4-9,11-14,16H,10,15,17-19H2,1-3H3. The van der Waals surface area contributed by atoms with Crippen LogP contribution in [0.4, 0.5) is 39.5 Å². The zero-order valence-electron chi connectivity index (χ0n) is 28.7. The second kappa shape index (κ2) is 16.0. The third-order valence-electron chi connectivity index (χ3n) is 8.29. The summed E-state index contributed by atoms with van der Waals surface area (Å²) in [5, 5.41) is 1.07. The van der Waals surface area contributed by atoms with Gasteiger partial charge in [-0.1, -0.05) is 42.5 Å². The van der Waals surface area contributed by atoms with E-state index in [1.165, 1.54) is 46.9 Å². The normalized spacial score (nSPS) is 12.4. The first-order valence-electron chi connectivity index (χ1n) is 16.1. The van der Waals surface area contributed by atoms with Crippen LogP contribution in [0.1, 0.15) is 55.4 Å². The van der Waals surface area contributed by atoms with Gasteiger partial charge < -0.3 is 4.74 Å². The number of rotatable bonds is 11. The van der Waals surface area contributed by atoms with E-state index in [0.717, 1.165) is 45.1 Å². The summed E-state index contributed by atoms with van der Waals surface area (Å²) in [6, 6.07) is 14.8. The van der Waals surface area contributed by atoms with E-state index in [0.29, 0.717) is 57.7 Å². The highest BCUT2D eigenvalue weighted by molar-refractivity contribution is 7.15. The number of aryl methyl sites for hydroxylation is 4. The van der Waals surface area contributed by atoms with Crippen LogP contribution < -0.4 is 0 Å². The van der Waals surface area contributed by atoms with Gasteiger partial charge in [0.25, 0.3) is 0 Å². The van der Waals surface area contributed by atoms with Crippen molar-refractivity contribution in [3.05, 3.63) is 116 Å². The van der Waals surface area contributed by atoms with E-state index in [9.17, 15) is 49.1 Å². The number of hydrogen-bond acceptors (Lipinski definition) is 8. The SMILES string of the molecule is Cc1cc(CN(Cc2sc(-c3ccc(C(F)(F)F)cc3)nc2C)Cc2sc(-c3ccc(C(F)(F)F)cc3)nc2C)ccc1CCC(=O)OC(=O)C(F)(F)F. The van der Waals surface area contributed by atoms with E-state index >= 15 is 0 Å². The van der Waals surface area contributed by atoms with Gasteiger partial charge in [0.15, 0.2) is 0 Å². The van der Waals surface area contributed by atoms with Crippen molar-refractivity contribution >= 4 is 34.6 Å². The van der Waals surface area contributed by atoms with Crippen LogP contribution in [-0.2, 0) is 52.7 Å². The Morgan fingerprint density at radius 1 is 0.667 bits per heavy atom. The monoisotopic (exact) mass is 799 g/mol. The molecule has 286 valence electrons. The molecule has 3 aromatic carbocycles. The van der Waals surface area contributed by atoms with Gasteiger partial charge >= 0.3 is 30.5 Å². The van der Waals surface area contributed by atoms with Gasteiger partial charge in [-0.15, -0.1) is 22.7 Å². The molecule has 54 heavy (non-hydrogen) atoms. The molecular formula is C37H30F9N3O3S2. The third-order valence-corrected chi connectivity index (χ3v) is 10.7. The number of thiazole rings is 2. The Labute approximate surface area is 311 Å². The highest BCUT2D eigenvalue weighted by atomic mass is 32.1. The summed E-state index contributed by atoms with van der Waals surface area (Å²) in [6.07, 6.45) is -14.7. The highest BCUT2D eigenvalue weighted by Crippen LogP contribution is 2.36. The smallest absolute Gasteiger partial charge is 0.386 e. The Morgan fingerprint density at radius 2 is 1.13 bits per heavy atom. The first kappa shape index (κ1) is 40.6. The van der Waals surface area contributed by atoms with Gasteiger partial charge in [-0.05, 0) is 68.1 Å². The second-order valence-electron chi connectivity index (χ2n) is 12.4. The molecule has 0 saturated heterocycles. The maximum Gasteiger partial charge on any atom is 0.491 e. The average molecular weight is 800 g/mol. The Hall–Kier alpha value is -4.61. The number of carbonyl (C=O) groups excluding carboxylic acids is 2. The zero-order valence-corrected chi connectivity index (χ0v) is 30.3. The van der Waals surface area contributed by atoms with Crippen molar-refractivity contribution in [2.24, 2.45) is 0 Å². The zero-order chi connectivity index (χ0) is 39.6. The molecule has 0 aliphatic heterocycles. The van der Waals surface area contributed by atoms with Gasteiger partial charge in [0, 0.05) is 40.5 Å². The van der Waals surface area contributed by atoms with Crippen LogP contribution in [0.3, 0.4) is 0 Å². The summed E-state index contributed by atoms with van der Waals surface area (Å²) in [7, 11) is 0. The van der Waals surface area contributed by atoms with Crippen molar-refractivity contribution in [3.63, 3.8) is 0 Å². The summed E-state index contributed by atoms with van der Waals surface area (Å²) in [6.45, 7) is 6.44. The number of ether oxygens (including phenoxy) is 1. The second-order valence-corrected chi connectivity index (χ2v) is 14.5. The topological polar surface area (TPSA) is 72.4 Å². The summed E-state index contributed by atoms with van der Waals surface area (Å²) in [5.41, 5.74) is 3.06. The minimum Gasteiger partial charge on any atom is -0.386 e. The molecule has 0 spiro atoms. The van der Waals surface area contributed by atoms with E-state index in [1.54, 1.807) is 32.9 Å². The largest absolute Gasteiger partial charge is 0.491 e. The van der Waals surface area contributed by atoms with Crippen LogP contribution in [0, 0.1) is 20.8 Å². The molecule has 5 aromatic rings. The Kier molecular flexibility index (Phi) is 12.0. The van der Waals surface area contributed by atoms with Crippen LogP contribution >= 0.6 is 22.7 Å². The molecule has 2 heterocycles. The van der Waals surface area contributed by atoms with Gasteiger partial charge in [-0.2, -0.15) is 39.5 Å². The summed E-state index contributed by atoms with van der Waals surface area (Å²) >= 11 is 2.66. The quantitative estimate of drug-likeness (QED) is 0.0753. The molecular weight excluding hydrogens is 770 g/mol. The maximum atomic E-state index is 13.1. The predicted octanol–water partition coefficient (Wildman–Crippen LogP) is 10.7. The lowest BCUT2D eigenvalue weighted by Gasteiger charge is -2.22. The van der Waals surface area contributed by atoms with E-state index in [2.05, 4.69) is 19.6 Å². The van der Waals surface area contributed by atoms with Crippen molar-refractivity contribution in [1.29, 1.82) is 0 Å². The first-order valence-corrected chi connectivity index (χ1v) is 17.7. The number of carbonyl (C=O) groups is 2. The Balaban J connectivity index is 1.38.